The summed E-state index contributed by atoms with van der Waals surface area (Å²) in [6, 6.07) is 80.6. The molecule has 12 rings (SSSR count). The molecule has 0 N–H and O–H groups in total. The number of benzene rings is 10. The summed E-state index contributed by atoms with van der Waals surface area (Å²) in [6.07, 6.45) is 0. The van der Waals surface area contributed by atoms with Crippen molar-refractivity contribution in [3.63, 3.8) is 0 Å². The average Bonchev–Trinajstić information content (AvgIpc) is 3.73. The van der Waals surface area contributed by atoms with Gasteiger partial charge in [0, 0.05) is 16.7 Å². The third-order valence-electron chi connectivity index (χ3n) is 12.6. The highest BCUT2D eigenvalue weighted by molar-refractivity contribution is 6.15. The molecule has 0 saturated carbocycles. The quantitative estimate of drug-likeness (QED) is 0.143. The fraction of sp³-hybridized carbons (Fsp3) is 0. The molecule has 306 valence electrons. The smallest absolute Gasteiger partial charge is 0.188 e. The van der Waals surface area contributed by atoms with Gasteiger partial charge in [-0.3, -0.25) is 0 Å². The zero-order chi connectivity index (χ0) is 44.0. The normalized spacial score (nSPS) is 11.3. The Morgan fingerprint density at radius 1 is 0.258 bits per heavy atom. The van der Waals surface area contributed by atoms with E-state index in [1.54, 1.807) is 0 Å². The summed E-state index contributed by atoms with van der Waals surface area (Å²) in [6.45, 7) is 8.06. The van der Waals surface area contributed by atoms with Crippen molar-refractivity contribution in [1.29, 1.82) is 0 Å². The summed E-state index contributed by atoms with van der Waals surface area (Å²) in [5, 5.41) is 2.60. The minimum absolute atomic E-state index is 0.601. The Kier molecular flexibility index (Phi) is 9.51. The van der Waals surface area contributed by atoms with Gasteiger partial charge in [0.05, 0.1) is 6.57 Å². The van der Waals surface area contributed by atoms with Gasteiger partial charge in [-0.25, -0.2) is 19.8 Å². The molecule has 0 fully saturated rings. The van der Waals surface area contributed by atoms with Gasteiger partial charge in [0.2, 0.25) is 0 Å². The van der Waals surface area contributed by atoms with Crippen LogP contribution < -0.4 is 0 Å². The highest BCUT2D eigenvalue weighted by atomic mass is 15.0. The molecule has 0 bridgehead atoms. The molecule has 1 aromatic heterocycles. The fourth-order valence-electron chi connectivity index (χ4n) is 9.37. The van der Waals surface area contributed by atoms with E-state index in [0.29, 0.717) is 23.2 Å². The first-order chi connectivity index (χ1) is 32.6. The van der Waals surface area contributed by atoms with E-state index in [0.717, 1.165) is 66.8 Å². The van der Waals surface area contributed by atoms with Gasteiger partial charge in [0.1, 0.15) is 0 Å². The third kappa shape index (κ3) is 7.12. The van der Waals surface area contributed by atoms with Gasteiger partial charge in [0.15, 0.2) is 23.2 Å². The average molecular weight is 839 g/mol. The molecule has 0 spiro atoms. The van der Waals surface area contributed by atoms with Crippen LogP contribution in [0, 0.1) is 6.57 Å². The van der Waals surface area contributed by atoms with Gasteiger partial charge in [-0.2, -0.15) is 0 Å². The Balaban J connectivity index is 0.853. The molecule has 0 unspecified atom stereocenters. The molecule has 0 radical (unpaired) electrons. The topological polar surface area (TPSA) is 43.0 Å². The van der Waals surface area contributed by atoms with E-state index in [1.165, 1.54) is 38.6 Å². The summed E-state index contributed by atoms with van der Waals surface area (Å²) in [5.41, 5.74) is 19.3. The van der Waals surface area contributed by atoms with Crippen molar-refractivity contribution in [2.75, 3.05) is 0 Å². The second-order valence-corrected chi connectivity index (χ2v) is 16.7. The van der Waals surface area contributed by atoms with Gasteiger partial charge in [-0.05, 0) is 131 Å². The minimum atomic E-state index is 0.601. The Bertz CT molecular complexity index is 3690. The molecule has 66 heavy (non-hydrogen) atoms. The molecule has 11 aromatic rings. The second kappa shape index (κ2) is 16.3. The lowest BCUT2D eigenvalue weighted by atomic mass is 9.93. The maximum Gasteiger partial charge on any atom is 0.188 e. The van der Waals surface area contributed by atoms with Crippen LogP contribution in [0.1, 0.15) is 0 Å². The lowest BCUT2D eigenvalue weighted by Gasteiger charge is -2.12. The second-order valence-electron chi connectivity index (χ2n) is 16.7. The summed E-state index contributed by atoms with van der Waals surface area (Å²) in [4.78, 5) is 18.9. The standard InChI is InChI=1S/C62H38N4/c1-63-54-37-52(36-53(38-54)49-23-9-21-47(34-49)50-31-32-55-56-25-11-17-42-18-12-26-57(59(42)56)58(55)39-50)48-22-8-19-45(33-48)41-27-29-44(30-28-41)61-64-60(43-15-6-3-7-16-43)65-62(66-61)51-24-10-20-46(35-51)40-13-4-2-5-14-40/h2-39H. The first kappa shape index (κ1) is 38.6. The van der Waals surface area contributed by atoms with Crippen LogP contribution in [0.2, 0.25) is 0 Å². The molecule has 10 aromatic carbocycles. The molecule has 1 aliphatic rings. The first-order valence-corrected chi connectivity index (χ1v) is 22.1. The van der Waals surface area contributed by atoms with Crippen LogP contribution in [0.4, 0.5) is 5.69 Å². The van der Waals surface area contributed by atoms with Crippen molar-refractivity contribution in [1.82, 2.24) is 15.0 Å². The lowest BCUT2D eigenvalue weighted by Crippen LogP contribution is -2.00. The Morgan fingerprint density at radius 3 is 1.23 bits per heavy atom. The van der Waals surface area contributed by atoms with Gasteiger partial charge in [-0.15, -0.1) is 0 Å². The third-order valence-corrected chi connectivity index (χ3v) is 12.6. The van der Waals surface area contributed by atoms with E-state index in [1.807, 2.05) is 48.5 Å². The largest absolute Gasteiger partial charge is 0.238 e. The Morgan fingerprint density at radius 2 is 0.636 bits per heavy atom. The number of nitrogens with zero attached hydrogens (tertiary/aromatic N) is 4. The number of fused-ring (bicyclic) bond motifs is 3. The van der Waals surface area contributed by atoms with Crippen LogP contribution in [-0.4, -0.2) is 15.0 Å². The molecule has 1 aliphatic carbocycles. The molecule has 4 nitrogen and oxygen atoms in total. The lowest BCUT2D eigenvalue weighted by molar-refractivity contribution is 1.07. The van der Waals surface area contributed by atoms with Gasteiger partial charge in [0.25, 0.3) is 0 Å². The van der Waals surface area contributed by atoms with Crippen molar-refractivity contribution < 1.29 is 0 Å². The number of hydrogen-bond donors (Lipinski definition) is 0. The molecule has 0 atom stereocenters. The molecule has 1 heterocycles. The van der Waals surface area contributed by atoms with E-state index in [-0.39, 0.29) is 0 Å². The molecular weight excluding hydrogens is 801 g/mol. The van der Waals surface area contributed by atoms with Crippen molar-refractivity contribution in [2.45, 2.75) is 0 Å². The van der Waals surface area contributed by atoms with Crippen LogP contribution >= 0.6 is 0 Å². The fourth-order valence-corrected chi connectivity index (χ4v) is 9.37. The van der Waals surface area contributed by atoms with Crippen LogP contribution in [0.15, 0.2) is 231 Å². The predicted molar refractivity (Wildman–Crippen MR) is 272 cm³/mol. The zero-order valence-corrected chi connectivity index (χ0v) is 35.7. The molecule has 4 heteroatoms. The summed E-state index contributed by atoms with van der Waals surface area (Å²) >= 11 is 0. The Hall–Kier alpha value is -9.04. The molecular formula is C62H38N4. The van der Waals surface area contributed by atoms with E-state index in [9.17, 15) is 0 Å². The van der Waals surface area contributed by atoms with Crippen molar-refractivity contribution >= 4 is 16.5 Å². The van der Waals surface area contributed by atoms with E-state index in [4.69, 9.17) is 21.5 Å². The minimum Gasteiger partial charge on any atom is -0.238 e. The van der Waals surface area contributed by atoms with Crippen LogP contribution in [-0.2, 0) is 0 Å². The first-order valence-electron chi connectivity index (χ1n) is 22.1. The van der Waals surface area contributed by atoms with Crippen LogP contribution in [0.5, 0.6) is 0 Å². The van der Waals surface area contributed by atoms with E-state index >= 15 is 0 Å². The van der Waals surface area contributed by atoms with Crippen molar-refractivity contribution in [3.05, 3.63) is 242 Å². The van der Waals surface area contributed by atoms with Crippen LogP contribution in [0.25, 0.3) is 128 Å². The number of aromatic nitrogens is 3. The highest BCUT2D eigenvalue weighted by Gasteiger charge is 2.22. The summed E-state index contributed by atoms with van der Waals surface area (Å²) in [5.74, 6) is 1.85. The van der Waals surface area contributed by atoms with Crippen LogP contribution in [0.3, 0.4) is 0 Å². The molecule has 0 saturated heterocycles. The molecule has 0 amide bonds. The predicted octanol–water partition coefficient (Wildman–Crippen LogP) is 16.6. The number of hydrogen-bond acceptors (Lipinski definition) is 3. The Labute approximate surface area is 383 Å². The summed E-state index contributed by atoms with van der Waals surface area (Å²) in [7, 11) is 0. The van der Waals surface area contributed by atoms with Crippen molar-refractivity contribution in [3.8, 4) is 112 Å². The highest BCUT2D eigenvalue weighted by Crippen LogP contribution is 2.48. The molecule has 0 aliphatic heterocycles. The maximum absolute atomic E-state index is 8.06. The number of rotatable bonds is 8. The summed E-state index contributed by atoms with van der Waals surface area (Å²) < 4.78 is 0. The van der Waals surface area contributed by atoms with Gasteiger partial charge in [-0.1, -0.05) is 188 Å². The van der Waals surface area contributed by atoms with E-state index in [2.05, 4.69) is 187 Å². The zero-order valence-electron chi connectivity index (χ0n) is 35.7. The SMILES string of the molecule is [C-]#[N+]c1cc(-c2cccc(-c3ccc(-c4nc(-c5ccccc5)nc(-c5cccc(-c6ccccc6)c5)n4)cc3)c2)cc(-c2cccc(-c3ccc4c(c3)-c3cccc5cccc-4c35)c2)c1. The maximum atomic E-state index is 8.06. The van der Waals surface area contributed by atoms with Gasteiger partial charge >= 0.3 is 0 Å². The van der Waals surface area contributed by atoms with Crippen molar-refractivity contribution in [2.24, 2.45) is 0 Å². The van der Waals surface area contributed by atoms with Gasteiger partial charge < -0.3 is 0 Å². The van der Waals surface area contributed by atoms with E-state index < -0.39 is 0 Å². The monoisotopic (exact) mass is 838 g/mol.